The molecule has 0 aliphatic heterocycles. The predicted octanol–water partition coefficient (Wildman–Crippen LogP) is 1.99. The summed E-state index contributed by atoms with van der Waals surface area (Å²) in [5.74, 6) is -0.333. The number of carbonyl (C=O) groups excluding carboxylic acids is 1. The Morgan fingerprint density at radius 1 is 1.69 bits per heavy atom. The Morgan fingerprint density at radius 2 is 2.44 bits per heavy atom. The fourth-order valence-electron chi connectivity index (χ4n) is 1.35. The van der Waals surface area contributed by atoms with Gasteiger partial charge in [0.1, 0.15) is 0 Å². The molecule has 0 saturated carbocycles. The number of nitrogens with zero attached hydrogens (tertiary/aromatic N) is 1. The molecule has 90 valence electrons. The molecule has 5 heteroatoms. The molecule has 0 aromatic carbocycles. The zero-order valence-corrected chi connectivity index (χ0v) is 10.5. The fraction of sp³-hybridized carbons (Fsp3) is 0.636. The van der Waals surface area contributed by atoms with Gasteiger partial charge in [0.25, 0.3) is 0 Å². The number of hydrogen-bond donors (Lipinski definition) is 1. The summed E-state index contributed by atoms with van der Waals surface area (Å²) < 4.78 is 5.24. The van der Waals surface area contributed by atoms with Crippen LogP contribution in [0.1, 0.15) is 42.2 Å². The fourth-order valence-corrected chi connectivity index (χ4v) is 2.13. The van der Waals surface area contributed by atoms with E-state index in [1.165, 1.54) is 11.3 Å². The van der Waals surface area contributed by atoms with Crippen LogP contribution in [0, 0.1) is 0 Å². The average molecular weight is 242 g/mol. The molecule has 0 bridgehead atoms. The van der Waals surface area contributed by atoms with Crippen LogP contribution in [0.25, 0.3) is 0 Å². The van der Waals surface area contributed by atoms with Gasteiger partial charge in [-0.05, 0) is 19.9 Å². The smallest absolute Gasteiger partial charge is 0.358 e. The van der Waals surface area contributed by atoms with Crippen molar-refractivity contribution in [2.24, 2.45) is 5.73 Å². The molecular weight excluding hydrogens is 224 g/mol. The molecular formula is C11H18N2O2S. The minimum atomic E-state index is -0.333. The summed E-state index contributed by atoms with van der Waals surface area (Å²) in [6.45, 7) is 4.51. The van der Waals surface area contributed by atoms with Crippen LogP contribution in [-0.2, 0) is 11.2 Å². The van der Waals surface area contributed by atoms with E-state index in [2.05, 4.69) is 11.9 Å². The molecule has 0 saturated heterocycles. The molecule has 1 heterocycles. The number of nitrogens with two attached hydrogens (primary N) is 1. The molecule has 1 atom stereocenters. The van der Waals surface area contributed by atoms with E-state index in [-0.39, 0.29) is 12.1 Å². The molecule has 2 N–H and O–H groups in total. The number of esters is 1. The van der Waals surface area contributed by atoms with E-state index in [4.69, 9.17) is 10.5 Å². The van der Waals surface area contributed by atoms with E-state index in [1.54, 1.807) is 5.38 Å². The molecule has 0 spiro atoms. The normalized spacial score (nSPS) is 12.4. The number of hydrogen-bond acceptors (Lipinski definition) is 5. The lowest BCUT2D eigenvalue weighted by atomic mass is 10.2. The lowest BCUT2D eigenvalue weighted by Gasteiger charge is -2.10. The lowest BCUT2D eigenvalue weighted by Crippen LogP contribution is -2.15. The van der Waals surface area contributed by atoms with Crippen LogP contribution in [0.15, 0.2) is 5.38 Å². The van der Waals surface area contributed by atoms with Crippen LogP contribution in [0.4, 0.5) is 0 Å². The van der Waals surface area contributed by atoms with Gasteiger partial charge in [-0.15, -0.1) is 11.3 Å². The number of aromatic nitrogens is 1. The van der Waals surface area contributed by atoms with Crippen molar-refractivity contribution >= 4 is 17.3 Å². The number of rotatable bonds is 6. The maximum absolute atomic E-state index is 11.6. The first-order chi connectivity index (χ1) is 7.67. The summed E-state index contributed by atoms with van der Waals surface area (Å²) in [6, 6.07) is 0. The Labute approximate surface area is 99.8 Å². The SMILES string of the molecule is CCCC(C)OC(=O)c1csc(CCN)n1. The number of carbonyl (C=O) groups is 1. The summed E-state index contributed by atoms with van der Waals surface area (Å²) in [6.07, 6.45) is 2.55. The van der Waals surface area contributed by atoms with Crippen LogP contribution in [0.3, 0.4) is 0 Å². The summed E-state index contributed by atoms with van der Waals surface area (Å²) in [5, 5.41) is 2.61. The second-order valence-corrected chi connectivity index (χ2v) is 4.61. The highest BCUT2D eigenvalue weighted by Gasteiger charge is 2.14. The molecule has 0 fully saturated rings. The third-order valence-corrected chi connectivity index (χ3v) is 3.03. The van der Waals surface area contributed by atoms with Crippen molar-refractivity contribution in [2.75, 3.05) is 6.54 Å². The summed E-state index contributed by atoms with van der Waals surface area (Å²) in [4.78, 5) is 15.8. The second kappa shape index (κ2) is 6.60. The van der Waals surface area contributed by atoms with Gasteiger partial charge in [-0.2, -0.15) is 0 Å². The lowest BCUT2D eigenvalue weighted by molar-refractivity contribution is 0.0317. The van der Waals surface area contributed by atoms with Crippen LogP contribution in [0.2, 0.25) is 0 Å². The van der Waals surface area contributed by atoms with Crippen molar-refractivity contribution < 1.29 is 9.53 Å². The first-order valence-electron chi connectivity index (χ1n) is 5.52. The molecule has 1 aromatic heterocycles. The van der Waals surface area contributed by atoms with Crippen LogP contribution in [-0.4, -0.2) is 23.6 Å². The second-order valence-electron chi connectivity index (χ2n) is 3.67. The van der Waals surface area contributed by atoms with Gasteiger partial charge in [0.05, 0.1) is 11.1 Å². The van der Waals surface area contributed by atoms with Crippen molar-refractivity contribution in [3.63, 3.8) is 0 Å². The van der Waals surface area contributed by atoms with Crippen molar-refractivity contribution in [1.82, 2.24) is 4.98 Å². The van der Waals surface area contributed by atoms with Crippen molar-refractivity contribution in [3.05, 3.63) is 16.1 Å². The molecule has 1 unspecified atom stereocenters. The average Bonchev–Trinajstić information content (AvgIpc) is 2.67. The molecule has 0 aliphatic rings. The van der Waals surface area contributed by atoms with Crippen LogP contribution in [0.5, 0.6) is 0 Å². The van der Waals surface area contributed by atoms with Gasteiger partial charge in [0, 0.05) is 11.8 Å². The predicted molar refractivity (Wildman–Crippen MR) is 64.7 cm³/mol. The first kappa shape index (κ1) is 13.1. The zero-order valence-electron chi connectivity index (χ0n) is 9.73. The molecule has 1 rings (SSSR count). The highest BCUT2D eigenvalue weighted by atomic mass is 32.1. The Morgan fingerprint density at radius 3 is 3.06 bits per heavy atom. The molecule has 0 aliphatic carbocycles. The van der Waals surface area contributed by atoms with Crippen LogP contribution < -0.4 is 5.73 Å². The maximum atomic E-state index is 11.6. The van der Waals surface area contributed by atoms with E-state index in [1.807, 2.05) is 6.92 Å². The molecule has 4 nitrogen and oxygen atoms in total. The molecule has 1 aromatic rings. The third-order valence-electron chi connectivity index (χ3n) is 2.12. The van der Waals surface area contributed by atoms with Crippen molar-refractivity contribution in [3.8, 4) is 0 Å². The van der Waals surface area contributed by atoms with Crippen LogP contribution >= 0.6 is 11.3 Å². The maximum Gasteiger partial charge on any atom is 0.358 e. The molecule has 0 amide bonds. The van der Waals surface area contributed by atoms with Crippen molar-refractivity contribution in [2.45, 2.75) is 39.2 Å². The topological polar surface area (TPSA) is 65.2 Å². The quantitative estimate of drug-likeness (QED) is 0.775. The standard InChI is InChI=1S/C11H18N2O2S/c1-3-4-8(2)15-11(14)9-7-16-10(13-9)5-6-12/h7-8H,3-6,12H2,1-2H3. The van der Waals surface area contributed by atoms with Gasteiger partial charge in [0.15, 0.2) is 5.69 Å². The Balaban J connectivity index is 2.52. The monoisotopic (exact) mass is 242 g/mol. The minimum Gasteiger partial charge on any atom is -0.458 e. The minimum absolute atomic E-state index is 0.0443. The van der Waals surface area contributed by atoms with Gasteiger partial charge in [-0.1, -0.05) is 13.3 Å². The van der Waals surface area contributed by atoms with E-state index in [9.17, 15) is 4.79 Å². The Hall–Kier alpha value is -0.940. The van der Waals surface area contributed by atoms with Gasteiger partial charge in [-0.3, -0.25) is 0 Å². The van der Waals surface area contributed by atoms with Crippen molar-refractivity contribution in [1.29, 1.82) is 0 Å². The highest BCUT2D eigenvalue weighted by Crippen LogP contribution is 2.12. The summed E-state index contributed by atoms with van der Waals surface area (Å²) in [7, 11) is 0. The Kier molecular flexibility index (Phi) is 5.42. The highest BCUT2D eigenvalue weighted by molar-refractivity contribution is 7.09. The summed E-state index contributed by atoms with van der Waals surface area (Å²) in [5.41, 5.74) is 5.82. The molecule has 0 radical (unpaired) electrons. The zero-order chi connectivity index (χ0) is 12.0. The number of ether oxygens (including phenoxy) is 1. The van der Waals surface area contributed by atoms with Gasteiger partial charge >= 0.3 is 5.97 Å². The molecule has 16 heavy (non-hydrogen) atoms. The largest absolute Gasteiger partial charge is 0.458 e. The summed E-state index contributed by atoms with van der Waals surface area (Å²) >= 11 is 1.45. The Bertz CT molecular complexity index is 338. The first-order valence-corrected chi connectivity index (χ1v) is 6.40. The van der Waals surface area contributed by atoms with Gasteiger partial charge in [-0.25, -0.2) is 9.78 Å². The van der Waals surface area contributed by atoms with E-state index < -0.39 is 0 Å². The van der Waals surface area contributed by atoms with E-state index in [0.717, 1.165) is 17.8 Å². The van der Waals surface area contributed by atoms with E-state index >= 15 is 0 Å². The van der Waals surface area contributed by atoms with Gasteiger partial charge < -0.3 is 10.5 Å². The third kappa shape index (κ3) is 3.90. The van der Waals surface area contributed by atoms with Gasteiger partial charge in [0.2, 0.25) is 0 Å². The van der Waals surface area contributed by atoms with E-state index in [0.29, 0.717) is 18.7 Å². The number of thiazole rings is 1.